The number of hydrogen-bond acceptors (Lipinski definition) is 6. The molecule has 3 unspecified atom stereocenters. The molecule has 220 valence electrons. The quantitative estimate of drug-likeness (QED) is 0.223. The van der Waals surface area contributed by atoms with Gasteiger partial charge in [0, 0.05) is 6.08 Å². The highest BCUT2D eigenvalue weighted by Gasteiger charge is 2.34. The molecular formula is C34H48O6. The van der Waals surface area contributed by atoms with Gasteiger partial charge in [0.1, 0.15) is 23.2 Å². The molecule has 0 saturated heterocycles. The van der Waals surface area contributed by atoms with Crippen molar-refractivity contribution in [2.45, 2.75) is 85.7 Å². The number of ether oxygens (including phenoxy) is 3. The normalized spacial score (nSPS) is 18.8. The summed E-state index contributed by atoms with van der Waals surface area (Å²) >= 11 is 0. The number of unbranched alkanes of at least 4 members (excludes halogenated alkanes) is 1. The third-order valence-electron chi connectivity index (χ3n) is 7.28. The standard InChI is InChI=1S/C18H26O3.C16H22O3/c1-4-6-7-15(5-2)14-21-18(19)13-10-16-8-11-17(20-3)12-9-16;1-11-8-12(10-16(2,3)9-11)19-15(18)13-6-4-5-7-14(13)17/h8-13,15H,4-7,14H2,1-3H3;4-7,11-12,17H,8-10H2,1-3H3/b13-10+;. The Morgan fingerprint density at radius 3 is 2.38 bits per heavy atom. The smallest absolute Gasteiger partial charge is 0.342 e. The highest BCUT2D eigenvalue weighted by Crippen LogP contribution is 2.40. The maximum Gasteiger partial charge on any atom is 0.342 e. The first-order chi connectivity index (χ1) is 19.1. The third-order valence-corrected chi connectivity index (χ3v) is 7.28. The molecule has 1 N–H and O–H groups in total. The number of aromatic hydroxyl groups is 1. The Kier molecular flexibility index (Phi) is 13.8. The number of benzene rings is 2. The van der Waals surface area contributed by atoms with E-state index in [0.29, 0.717) is 18.4 Å². The van der Waals surface area contributed by atoms with Crippen molar-refractivity contribution in [1.29, 1.82) is 0 Å². The highest BCUT2D eigenvalue weighted by molar-refractivity contribution is 5.92. The number of hydrogen-bond donors (Lipinski definition) is 1. The van der Waals surface area contributed by atoms with Crippen LogP contribution in [-0.2, 0) is 14.3 Å². The fourth-order valence-corrected chi connectivity index (χ4v) is 5.23. The predicted molar refractivity (Wildman–Crippen MR) is 160 cm³/mol. The van der Waals surface area contributed by atoms with Gasteiger partial charge in [0.05, 0.1) is 13.7 Å². The first kappa shape index (κ1) is 32.9. The van der Waals surface area contributed by atoms with Gasteiger partial charge >= 0.3 is 11.9 Å². The van der Waals surface area contributed by atoms with E-state index in [-0.39, 0.29) is 28.8 Å². The van der Waals surface area contributed by atoms with Crippen molar-refractivity contribution in [3.63, 3.8) is 0 Å². The number of esters is 2. The SMILES string of the molecule is CC1CC(OC(=O)c2ccccc2O)CC(C)(C)C1.CCCCC(CC)COC(=O)/C=C/c1ccc(OC)cc1. The Balaban J connectivity index is 0.000000281. The molecule has 2 aromatic rings. The largest absolute Gasteiger partial charge is 0.507 e. The minimum Gasteiger partial charge on any atom is -0.507 e. The van der Waals surface area contributed by atoms with Crippen LogP contribution in [0.5, 0.6) is 11.5 Å². The van der Waals surface area contributed by atoms with E-state index in [4.69, 9.17) is 14.2 Å². The molecule has 2 aromatic carbocycles. The first-order valence-corrected chi connectivity index (χ1v) is 14.5. The fraction of sp³-hybridized carbons (Fsp3) is 0.529. The minimum absolute atomic E-state index is 0.0179. The van der Waals surface area contributed by atoms with Gasteiger partial charge in [0.15, 0.2) is 0 Å². The molecule has 1 saturated carbocycles. The monoisotopic (exact) mass is 552 g/mol. The molecule has 0 heterocycles. The molecule has 0 aromatic heterocycles. The van der Waals surface area contributed by atoms with Crippen molar-refractivity contribution in [3.8, 4) is 11.5 Å². The van der Waals surface area contributed by atoms with Crippen molar-refractivity contribution in [1.82, 2.24) is 0 Å². The van der Waals surface area contributed by atoms with Gasteiger partial charge in [-0.2, -0.15) is 0 Å². The Morgan fingerprint density at radius 1 is 1.07 bits per heavy atom. The van der Waals surface area contributed by atoms with E-state index >= 15 is 0 Å². The summed E-state index contributed by atoms with van der Waals surface area (Å²) in [5.74, 6) is 1.12. The van der Waals surface area contributed by atoms with E-state index in [1.807, 2.05) is 24.3 Å². The van der Waals surface area contributed by atoms with Crippen LogP contribution >= 0.6 is 0 Å². The fourth-order valence-electron chi connectivity index (χ4n) is 5.23. The number of methoxy groups -OCH3 is 1. The summed E-state index contributed by atoms with van der Waals surface area (Å²) in [7, 11) is 1.63. The van der Waals surface area contributed by atoms with E-state index in [1.54, 1.807) is 31.4 Å². The van der Waals surface area contributed by atoms with Gasteiger partial charge in [-0.1, -0.05) is 78.1 Å². The van der Waals surface area contributed by atoms with Crippen LogP contribution in [-0.4, -0.2) is 36.9 Å². The molecule has 40 heavy (non-hydrogen) atoms. The molecule has 6 heteroatoms. The van der Waals surface area contributed by atoms with E-state index in [9.17, 15) is 14.7 Å². The van der Waals surface area contributed by atoms with Gasteiger partial charge in [-0.25, -0.2) is 9.59 Å². The summed E-state index contributed by atoms with van der Waals surface area (Å²) in [5.41, 5.74) is 1.41. The topological polar surface area (TPSA) is 82.1 Å². The molecule has 0 radical (unpaired) electrons. The van der Waals surface area contributed by atoms with E-state index < -0.39 is 5.97 Å². The van der Waals surface area contributed by atoms with Crippen LogP contribution in [0.15, 0.2) is 54.6 Å². The summed E-state index contributed by atoms with van der Waals surface area (Å²) in [6.45, 7) is 11.5. The minimum atomic E-state index is -0.423. The molecule has 6 nitrogen and oxygen atoms in total. The molecular weight excluding hydrogens is 504 g/mol. The Labute approximate surface area is 240 Å². The molecule has 1 aliphatic rings. The lowest BCUT2D eigenvalue weighted by atomic mass is 9.71. The van der Waals surface area contributed by atoms with Crippen LogP contribution in [0.25, 0.3) is 6.08 Å². The van der Waals surface area contributed by atoms with Gasteiger partial charge in [-0.3, -0.25) is 0 Å². The number of rotatable bonds is 11. The summed E-state index contributed by atoms with van der Waals surface area (Å²) in [5, 5.41) is 9.66. The first-order valence-electron chi connectivity index (χ1n) is 14.5. The summed E-state index contributed by atoms with van der Waals surface area (Å²) in [6.07, 6.45) is 10.7. The van der Waals surface area contributed by atoms with E-state index in [2.05, 4.69) is 34.6 Å². The van der Waals surface area contributed by atoms with Crippen molar-refractivity contribution >= 4 is 18.0 Å². The zero-order chi connectivity index (χ0) is 29.5. The lowest BCUT2D eigenvalue weighted by Gasteiger charge is -2.38. The van der Waals surface area contributed by atoms with Crippen LogP contribution in [0.2, 0.25) is 0 Å². The molecule has 1 fully saturated rings. The zero-order valence-electron chi connectivity index (χ0n) is 25.2. The van der Waals surface area contributed by atoms with Crippen LogP contribution in [0.3, 0.4) is 0 Å². The Hall–Kier alpha value is -3.28. The Bertz CT molecular complexity index is 1070. The summed E-state index contributed by atoms with van der Waals surface area (Å²) in [4.78, 5) is 23.8. The van der Waals surface area contributed by atoms with Crippen molar-refractivity contribution in [3.05, 3.63) is 65.7 Å². The second-order valence-electron chi connectivity index (χ2n) is 11.6. The molecule has 0 bridgehead atoms. The highest BCUT2D eigenvalue weighted by atomic mass is 16.5. The lowest BCUT2D eigenvalue weighted by molar-refractivity contribution is -0.139. The van der Waals surface area contributed by atoms with Crippen LogP contribution in [0.1, 0.15) is 95.5 Å². The summed E-state index contributed by atoms with van der Waals surface area (Å²) in [6, 6.07) is 14.0. The molecule has 3 atom stereocenters. The van der Waals surface area contributed by atoms with Crippen LogP contribution < -0.4 is 4.74 Å². The molecule has 0 amide bonds. The Morgan fingerprint density at radius 2 is 1.77 bits per heavy atom. The van der Waals surface area contributed by atoms with Gasteiger partial charge < -0.3 is 19.3 Å². The van der Waals surface area contributed by atoms with Gasteiger partial charge in [-0.15, -0.1) is 0 Å². The van der Waals surface area contributed by atoms with Gasteiger partial charge in [0.25, 0.3) is 0 Å². The molecule has 0 spiro atoms. The third kappa shape index (κ3) is 11.8. The number of carbonyl (C=O) groups excluding carboxylic acids is 2. The predicted octanol–water partition coefficient (Wildman–Crippen LogP) is 8.23. The van der Waals surface area contributed by atoms with Crippen molar-refractivity contribution in [2.24, 2.45) is 17.3 Å². The second-order valence-corrected chi connectivity index (χ2v) is 11.6. The summed E-state index contributed by atoms with van der Waals surface area (Å²) < 4.78 is 16.0. The van der Waals surface area contributed by atoms with Crippen molar-refractivity contribution < 1.29 is 28.9 Å². The zero-order valence-corrected chi connectivity index (χ0v) is 25.2. The van der Waals surface area contributed by atoms with Gasteiger partial charge in [-0.05, 0) is 78.8 Å². The number of phenolic OH excluding ortho intramolecular Hbond substituents is 1. The number of para-hydroxylation sites is 1. The molecule has 0 aliphatic heterocycles. The molecule has 3 rings (SSSR count). The van der Waals surface area contributed by atoms with Crippen molar-refractivity contribution in [2.75, 3.05) is 13.7 Å². The van der Waals surface area contributed by atoms with Crippen LogP contribution in [0, 0.1) is 17.3 Å². The lowest BCUT2D eigenvalue weighted by Crippen LogP contribution is -2.34. The van der Waals surface area contributed by atoms with E-state index in [1.165, 1.54) is 25.0 Å². The van der Waals surface area contributed by atoms with Gasteiger partial charge in [0.2, 0.25) is 0 Å². The maximum absolute atomic E-state index is 12.1. The number of phenols is 1. The average molecular weight is 553 g/mol. The second kappa shape index (κ2) is 16.7. The molecule has 1 aliphatic carbocycles. The average Bonchev–Trinajstić information content (AvgIpc) is 2.91. The number of carbonyl (C=O) groups is 2. The van der Waals surface area contributed by atoms with Crippen LogP contribution in [0.4, 0.5) is 0 Å². The van der Waals surface area contributed by atoms with E-state index in [0.717, 1.165) is 43.4 Å². The maximum atomic E-state index is 12.1.